The van der Waals surface area contributed by atoms with Gasteiger partial charge in [0.15, 0.2) is 0 Å². The number of benzene rings is 1. The molecular weight excluding hydrogens is 244 g/mol. The molecule has 19 heavy (non-hydrogen) atoms. The number of esters is 1. The maximum absolute atomic E-state index is 12.1. The number of amides is 1. The summed E-state index contributed by atoms with van der Waals surface area (Å²) in [4.78, 5) is 23.5. The summed E-state index contributed by atoms with van der Waals surface area (Å²) in [7, 11) is 1.32. The maximum atomic E-state index is 12.1. The number of aryl methyl sites for hydroxylation is 1. The first kappa shape index (κ1) is 15.2. The van der Waals surface area contributed by atoms with Crippen LogP contribution in [0.1, 0.15) is 29.8 Å². The fourth-order valence-electron chi connectivity index (χ4n) is 1.39. The first-order valence-corrected chi connectivity index (χ1v) is 6.02. The highest BCUT2D eigenvalue weighted by atomic mass is 16.5. The van der Waals surface area contributed by atoms with E-state index < -0.39 is 11.4 Å². The van der Waals surface area contributed by atoms with Gasteiger partial charge in [0, 0.05) is 12.2 Å². The van der Waals surface area contributed by atoms with E-state index in [1.54, 1.807) is 32.0 Å². The molecule has 1 aromatic rings. The molecule has 0 atom stereocenters. The molecule has 0 bridgehead atoms. The van der Waals surface area contributed by atoms with Crippen LogP contribution in [0.2, 0.25) is 0 Å². The molecule has 0 fully saturated rings. The number of nitrogens with two attached hydrogens (primary N) is 1. The Morgan fingerprint density at radius 2 is 2.00 bits per heavy atom. The highest BCUT2D eigenvalue weighted by molar-refractivity contribution is 5.97. The van der Waals surface area contributed by atoms with E-state index >= 15 is 0 Å². The second-order valence-corrected chi connectivity index (χ2v) is 5.06. The van der Waals surface area contributed by atoms with Crippen LogP contribution in [0, 0.1) is 12.3 Å². The number of methoxy groups -OCH3 is 1. The lowest BCUT2D eigenvalue weighted by molar-refractivity contribution is -0.123. The Balaban J connectivity index is 3.01. The molecule has 0 saturated heterocycles. The fourth-order valence-corrected chi connectivity index (χ4v) is 1.39. The highest BCUT2D eigenvalue weighted by Gasteiger charge is 2.26. The van der Waals surface area contributed by atoms with Crippen LogP contribution in [-0.2, 0) is 9.53 Å². The Hall–Kier alpha value is -1.88. The van der Waals surface area contributed by atoms with E-state index in [9.17, 15) is 9.59 Å². The third kappa shape index (κ3) is 3.54. The molecule has 0 spiro atoms. The summed E-state index contributed by atoms with van der Waals surface area (Å²) in [5.41, 5.74) is 6.76. The van der Waals surface area contributed by atoms with Crippen LogP contribution in [0.15, 0.2) is 18.2 Å². The number of hydrogen-bond acceptors (Lipinski definition) is 4. The van der Waals surface area contributed by atoms with Gasteiger partial charge in [-0.1, -0.05) is 6.07 Å². The van der Waals surface area contributed by atoms with Gasteiger partial charge in [-0.05, 0) is 38.5 Å². The predicted molar refractivity (Wildman–Crippen MR) is 74.0 cm³/mol. The second-order valence-electron chi connectivity index (χ2n) is 5.06. The van der Waals surface area contributed by atoms with E-state index in [2.05, 4.69) is 10.1 Å². The van der Waals surface area contributed by atoms with Crippen molar-refractivity contribution in [1.29, 1.82) is 0 Å². The minimum Gasteiger partial charge on any atom is -0.465 e. The monoisotopic (exact) mass is 264 g/mol. The Morgan fingerprint density at radius 3 is 2.53 bits per heavy atom. The van der Waals surface area contributed by atoms with Crippen molar-refractivity contribution < 1.29 is 14.3 Å². The lowest BCUT2D eigenvalue weighted by Gasteiger charge is -2.22. The van der Waals surface area contributed by atoms with Gasteiger partial charge in [0.2, 0.25) is 5.91 Å². The zero-order chi connectivity index (χ0) is 14.6. The van der Waals surface area contributed by atoms with Crippen molar-refractivity contribution in [2.24, 2.45) is 11.1 Å². The molecule has 0 aliphatic heterocycles. The van der Waals surface area contributed by atoms with Crippen molar-refractivity contribution in [2.45, 2.75) is 20.8 Å². The Morgan fingerprint density at radius 1 is 1.37 bits per heavy atom. The lowest BCUT2D eigenvalue weighted by Crippen LogP contribution is -2.37. The van der Waals surface area contributed by atoms with Crippen molar-refractivity contribution in [3.63, 3.8) is 0 Å². The molecule has 0 heterocycles. The van der Waals surface area contributed by atoms with Gasteiger partial charge in [0.05, 0.1) is 18.1 Å². The summed E-state index contributed by atoms with van der Waals surface area (Å²) in [5, 5.41) is 2.79. The predicted octanol–water partition coefficient (Wildman–Crippen LogP) is 1.71. The van der Waals surface area contributed by atoms with Crippen LogP contribution in [0.4, 0.5) is 5.69 Å². The van der Waals surface area contributed by atoms with Crippen LogP contribution < -0.4 is 11.1 Å². The van der Waals surface area contributed by atoms with Gasteiger partial charge in [-0.25, -0.2) is 4.79 Å². The van der Waals surface area contributed by atoms with Crippen LogP contribution in [0.25, 0.3) is 0 Å². The van der Waals surface area contributed by atoms with E-state index in [4.69, 9.17) is 5.73 Å². The van der Waals surface area contributed by atoms with Gasteiger partial charge in [0.1, 0.15) is 0 Å². The van der Waals surface area contributed by atoms with Gasteiger partial charge in [-0.15, -0.1) is 0 Å². The molecule has 1 rings (SSSR count). The smallest absolute Gasteiger partial charge is 0.337 e. The van der Waals surface area contributed by atoms with Gasteiger partial charge < -0.3 is 15.8 Å². The van der Waals surface area contributed by atoms with E-state index in [0.29, 0.717) is 11.3 Å². The molecule has 1 aromatic carbocycles. The SMILES string of the molecule is COC(=O)c1ccc(C)c(NC(=O)C(C)(C)CN)c1. The van der Waals surface area contributed by atoms with Crippen molar-refractivity contribution in [3.05, 3.63) is 29.3 Å². The summed E-state index contributed by atoms with van der Waals surface area (Å²) < 4.78 is 4.65. The van der Waals surface area contributed by atoms with Crippen molar-refractivity contribution >= 4 is 17.6 Å². The molecule has 1 amide bonds. The van der Waals surface area contributed by atoms with Crippen LogP contribution in [0.3, 0.4) is 0 Å². The average molecular weight is 264 g/mol. The molecule has 0 saturated carbocycles. The molecule has 0 aromatic heterocycles. The molecule has 5 nitrogen and oxygen atoms in total. The Kier molecular flexibility index (Phi) is 4.67. The molecule has 5 heteroatoms. The first-order chi connectivity index (χ1) is 8.81. The third-order valence-electron chi connectivity index (χ3n) is 3.03. The van der Waals surface area contributed by atoms with Crippen molar-refractivity contribution in [3.8, 4) is 0 Å². The number of carbonyl (C=O) groups is 2. The standard InChI is InChI=1S/C14H20N2O3/c1-9-5-6-10(12(17)19-4)7-11(9)16-13(18)14(2,3)8-15/h5-7H,8,15H2,1-4H3,(H,16,18). The van der Waals surface area contributed by atoms with E-state index in [1.165, 1.54) is 7.11 Å². The normalized spacial score (nSPS) is 11.0. The number of hydrogen-bond donors (Lipinski definition) is 2. The topological polar surface area (TPSA) is 81.4 Å². The Bertz CT molecular complexity index is 495. The van der Waals surface area contributed by atoms with Gasteiger partial charge in [-0.3, -0.25) is 4.79 Å². The van der Waals surface area contributed by atoms with Gasteiger partial charge >= 0.3 is 5.97 Å². The zero-order valence-corrected chi connectivity index (χ0v) is 11.7. The summed E-state index contributed by atoms with van der Waals surface area (Å²) in [5.74, 6) is -0.617. The van der Waals surface area contributed by atoms with E-state index in [0.717, 1.165) is 5.56 Å². The molecule has 0 aliphatic rings. The summed E-state index contributed by atoms with van der Waals surface area (Å²) >= 11 is 0. The Labute approximate surface area is 113 Å². The quantitative estimate of drug-likeness (QED) is 0.811. The van der Waals surface area contributed by atoms with Crippen LogP contribution in [0.5, 0.6) is 0 Å². The number of ether oxygens (including phenoxy) is 1. The highest BCUT2D eigenvalue weighted by Crippen LogP contribution is 2.21. The summed E-state index contributed by atoms with van der Waals surface area (Å²) in [6.45, 7) is 5.63. The van der Waals surface area contributed by atoms with Crippen LogP contribution >= 0.6 is 0 Å². The zero-order valence-electron chi connectivity index (χ0n) is 11.7. The number of nitrogens with one attached hydrogen (secondary N) is 1. The fraction of sp³-hybridized carbons (Fsp3) is 0.429. The number of rotatable bonds is 4. The summed E-state index contributed by atoms with van der Waals surface area (Å²) in [6, 6.07) is 5.02. The lowest BCUT2D eigenvalue weighted by atomic mass is 9.92. The molecule has 0 unspecified atom stereocenters. The second kappa shape index (κ2) is 5.84. The van der Waals surface area contributed by atoms with Crippen molar-refractivity contribution in [2.75, 3.05) is 19.0 Å². The molecular formula is C14H20N2O3. The van der Waals surface area contributed by atoms with E-state index in [1.807, 2.05) is 6.92 Å². The number of anilines is 1. The van der Waals surface area contributed by atoms with Gasteiger partial charge in [0.25, 0.3) is 0 Å². The summed E-state index contributed by atoms with van der Waals surface area (Å²) in [6.07, 6.45) is 0. The maximum Gasteiger partial charge on any atom is 0.337 e. The molecule has 104 valence electrons. The molecule has 0 radical (unpaired) electrons. The minimum atomic E-state index is -0.659. The third-order valence-corrected chi connectivity index (χ3v) is 3.03. The molecule has 3 N–H and O–H groups in total. The van der Waals surface area contributed by atoms with Crippen LogP contribution in [-0.4, -0.2) is 25.5 Å². The number of carbonyl (C=O) groups excluding carboxylic acids is 2. The van der Waals surface area contributed by atoms with Gasteiger partial charge in [-0.2, -0.15) is 0 Å². The average Bonchev–Trinajstić information content (AvgIpc) is 2.40. The largest absolute Gasteiger partial charge is 0.465 e. The molecule has 0 aliphatic carbocycles. The first-order valence-electron chi connectivity index (χ1n) is 6.02. The minimum absolute atomic E-state index is 0.180. The van der Waals surface area contributed by atoms with Crippen molar-refractivity contribution in [1.82, 2.24) is 0 Å². The van der Waals surface area contributed by atoms with E-state index in [-0.39, 0.29) is 12.5 Å².